The highest BCUT2D eigenvalue weighted by molar-refractivity contribution is 5.86. The Bertz CT molecular complexity index is 1540. The second-order valence-electron chi connectivity index (χ2n) is 8.11. The van der Waals surface area contributed by atoms with E-state index in [0.29, 0.717) is 0 Å². The summed E-state index contributed by atoms with van der Waals surface area (Å²) in [6.45, 7) is 7.06. The maximum absolute atomic E-state index is 12.8. The summed E-state index contributed by atoms with van der Waals surface area (Å²) in [5.41, 5.74) is 8.21. The van der Waals surface area contributed by atoms with Crippen molar-refractivity contribution in [2.24, 2.45) is 0 Å². The van der Waals surface area contributed by atoms with Crippen LogP contribution in [0.5, 0.6) is 0 Å². The van der Waals surface area contributed by atoms with Crippen LogP contribution in [0.25, 0.3) is 22.1 Å². The molecule has 0 unspecified atom stereocenters. The summed E-state index contributed by atoms with van der Waals surface area (Å²) in [7, 11) is 0. The van der Waals surface area contributed by atoms with Crippen molar-refractivity contribution in [1.29, 1.82) is 0 Å². The zero-order chi connectivity index (χ0) is 26.4. The fraction of sp³-hybridized carbons (Fsp3) is 0.400. The third kappa shape index (κ3) is 5.01. The molecule has 0 spiro atoms. The summed E-state index contributed by atoms with van der Waals surface area (Å²) in [6.07, 6.45) is -2.42. The molecule has 4 aromatic rings. The molecular formula is C20H26F3N9O4. The molecule has 16 heteroatoms. The summed E-state index contributed by atoms with van der Waals surface area (Å²) < 4.78 is 41.4. The van der Waals surface area contributed by atoms with Crippen molar-refractivity contribution in [3.05, 3.63) is 48.8 Å². The monoisotopic (exact) mass is 513 g/mol. The SMILES string of the molecule is C.CC(C)n1cc(C(F)(F)F)c2c(=O)[nH]c(N)nc21.CC(C)n1cc([N+](=O)[O-])c2c(=O)[nH]c(N)nc21. The normalized spacial score (nSPS) is 11.6. The maximum Gasteiger partial charge on any atom is 0.418 e. The lowest BCUT2D eigenvalue weighted by Crippen LogP contribution is -2.15. The molecule has 0 saturated heterocycles. The Hall–Kier alpha value is -4.37. The number of H-pyrrole nitrogens is 2. The van der Waals surface area contributed by atoms with Crippen molar-refractivity contribution >= 4 is 39.7 Å². The first-order valence-corrected chi connectivity index (χ1v) is 10.2. The quantitative estimate of drug-likeness (QED) is 0.236. The molecule has 0 atom stereocenters. The zero-order valence-electron chi connectivity index (χ0n) is 19.0. The fourth-order valence-corrected chi connectivity index (χ4v) is 3.47. The lowest BCUT2D eigenvalue weighted by molar-refractivity contribution is -0.383. The molecule has 4 heterocycles. The van der Waals surface area contributed by atoms with Gasteiger partial charge in [-0.15, -0.1) is 0 Å². The number of aromatic amines is 2. The van der Waals surface area contributed by atoms with Gasteiger partial charge in [-0.3, -0.25) is 29.7 Å². The molecule has 4 aromatic heterocycles. The number of rotatable bonds is 3. The molecule has 0 radical (unpaired) electrons. The Labute approximate surface area is 201 Å². The predicted octanol–water partition coefficient (Wildman–Crippen LogP) is 3.34. The van der Waals surface area contributed by atoms with E-state index in [-0.39, 0.29) is 53.8 Å². The number of anilines is 2. The van der Waals surface area contributed by atoms with Crippen molar-refractivity contribution in [1.82, 2.24) is 29.1 Å². The topological polar surface area (TPSA) is 197 Å². The average Bonchev–Trinajstić information content (AvgIpc) is 3.27. The fourth-order valence-electron chi connectivity index (χ4n) is 3.47. The van der Waals surface area contributed by atoms with Gasteiger partial charge in [-0.05, 0) is 27.7 Å². The van der Waals surface area contributed by atoms with Gasteiger partial charge in [0.05, 0.1) is 22.1 Å². The minimum atomic E-state index is -4.61. The molecule has 6 N–H and O–H groups in total. The minimum absolute atomic E-state index is 0. The van der Waals surface area contributed by atoms with E-state index < -0.39 is 33.2 Å². The van der Waals surface area contributed by atoms with Crippen LogP contribution in [0.4, 0.5) is 30.8 Å². The number of nitrogens with two attached hydrogens (primary N) is 2. The molecule has 0 aliphatic carbocycles. The Morgan fingerprint density at radius 2 is 1.33 bits per heavy atom. The molecule has 0 amide bonds. The van der Waals surface area contributed by atoms with Crippen LogP contribution < -0.4 is 22.6 Å². The number of aromatic nitrogens is 6. The van der Waals surface area contributed by atoms with Gasteiger partial charge < -0.3 is 20.6 Å². The number of nitrogens with zero attached hydrogens (tertiary/aromatic N) is 5. The van der Waals surface area contributed by atoms with Crippen LogP contribution >= 0.6 is 0 Å². The van der Waals surface area contributed by atoms with Crippen LogP contribution in [0.3, 0.4) is 0 Å². The number of halogens is 3. The smallest absolute Gasteiger partial charge is 0.369 e. The van der Waals surface area contributed by atoms with Gasteiger partial charge in [0, 0.05) is 18.3 Å². The van der Waals surface area contributed by atoms with E-state index >= 15 is 0 Å². The van der Waals surface area contributed by atoms with Crippen LogP contribution in [0.2, 0.25) is 0 Å². The largest absolute Gasteiger partial charge is 0.418 e. The van der Waals surface area contributed by atoms with E-state index in [1.807, 2.05) is 13.8 Å². The molecule has 196 valence electrons. The van der Waals surface area contributed by atoms with E-state index in [4.69, 9.17) is 11.5 Å². The maximum atomic E-state index is 12.8. The van der Waals surface area contributed by atoms with Crippen LogP contribution in [0.15, 0.2) is 22.0 Å². The van der Waals surface area contributed by atoms with Gasteiger partial charge >= 0.3 is 11.9 Å². The van der Waals surface area contributed by atoms with E-state index in [2.05, 4.69) is 19.9 Å². The lowest BCUT2D eigenvalue weighted by atomic mass is 10.2. The van der Waals surface area contributed by atoms with Gasteiger partial charge in [-0.1, -0.05) is 7.43 Å². The van der Waals surface area contributed by atoms with Crippen molar-refractivity contribution in [3.8, 4) is 0 Å². The molecule has 36 heavy (non-hydrogen) atoms. The van der Waals surface area contributed by atoms with Crippen LogP contribution in [-0.2, 0) is 6.18 Å². The third-order valence-corrected chi connectivity index (χ3v) is 5.00. The van der Waals surface area contributed by atoms with Crippen LogP contribution in [-0.4, -0.2) is 34.0 Å². The summed E-state index contributed by atoms with van der Waals surface area (Å²) in [5, 5.41) is 10.3. The number of hydrogen-bond donors (Lipinski definition) is 4. The second kappa shape index (κ2) is 9.71. The van der Waals surface area contributed by atoms with Crippen molar-refractivity contribution in [2.45, 2.75) is 53.4 Å². The molecule has 0 bridgehead atoms. The Morgan fingerprint density at radius 1 is 0.917 bits per heavy atom. The standard InChI is InChI=1S/C10H11F3N4O.C9H11N5O3.CH4/c1-4(2)17-3-5(10(11,12)13)6-7(17)15-9(14)16-8(6)18;1-4(2)13-3-5(14(16)17)6-7(13)11-9(10)12-8(6)15;/h3-4H,1-2H3,(H3,14,15,16,18);3-4H,1-2H3,(H3,10,11,12,15);1H4. The van der Waals surface area contributed by atoms with Gasteiger partial charge in [0.1, 0.15) is 5.65 Å². The number of nitro groups is 1. The molecular weight excluding hydrogens is 487 g/mol. The van der Waals surface area contributed by atoms with Crippen molar-refractivity contribution in [2.75, 3.05) is 11.5 Å². The number of nitrogen functional groups attached to an aromatic ring is 2. The lowest BCUT2D eigenvalue weighted by Gasteiger charge is -2.07. The Morgan fingerprint density at radius 3 is 1.75 bits per heavy atom. The van der Waals surface area contributed by atoms with E-state index in [1.54, 1.807) is 18.4 Å². The zero-order valence-corrected chi connectivity index (χ0v) is 19.0. The molecule has 0 saturated carbocycles. The number of fused-ring (bicyclic) bond motifs is 2. The van der Waals surface area contributed by atoms with Crippen LogP contribution in [0.1, 0.15) is 52.8 Å². The Balaban J connectivity index is 0.000000247. The molecule has 0 aromatic carbocycles. The van der Waals surface area contributed by atoms with Crippen LogP contribution in [0, 0.1) is 10.1 Å². The second-order valence-corrected chi connectivity index (χ2v) is 8.11. The first-order valence-electron chi connectivity index (χ1n) is 10.2. The first kappa shape index (κ1) is 27.9. The highest BCUT2D eigenvalue weighted by atomic mass is 19.4. The summed E-state index contributed by atoms with van der Waals surface area (Å²) in [5.74, 6) is -0.265. The third-order valence-electron chi connectivity index (χ3n) is 5.00. The van der Waals surface area contributed by atoms with Crippen molar-refractivity contribution in [3.63, 3.8) is 0 Å². The summed E-state index contributed by atoms with van der Waals surface area (Å²) in [6, 6.07) is -0.322. The molecule has 4 rings (SSSR count). The van der Waals surface area contributed by atoms with Gasteiger partial charge in [0.15, 0.2) is 11.0 Å². The molecule has 13 nitrogen and oxygen atoms in total. The molecule has 0 aliphatic heterocycles. The summed E-state index contributed by atoms with van der Waals surface area (Å²) in [4.78, 5) is 45.6. The molecule has 0 fully saturated rings. The van der Waals surface area contributed by atoms with Gasteiger partial charge in [-0.25, -0.2) is 0 Å². The number of alkyl halides is 3. The number of nitrogens with one attached hydrogen (secondary N) is 2. The van der Waals surface area contributed by atoms with E-state index in [9.17, 15) is 32.9 Å². The average molecular weight is 513 g/mol. The first-order chi connectivity index (χ1) is 16.1. The highest BCUT2D eigenvalue weighted by Crippen LogP contribution is 2.35. The Kier molecular flexibility index (Phi) is 7.52. The van der Waals surface area contributed by atoms with E-state index in [0.717, 1.165) is 6.20 Å². The van der Waals surface area contributed by atoms with Gasteiger partial charge in [-0.2, -0.15) is 23.1 Å². The van der Waals surface area contributed by atoms with Gasteiger partial charge in [0.25, 0.3) is 11.1 Å². The number of hydrogen-bond acceptors (Lipinski definition) is 8. The minimum Gasteiger partial charge on any atom is -0.369 e. The molecule has 0 aliphatic rings. The highest BCUT2D eigenvalue weighted by Gasteiger charge is 2.36. The predicted molar refractivity (Wildman–Crippen MR) is 129 cm³/mol. The van der Waals surface area contributed by atoms with E-state index in [1.165, 1.54) is 10.8 Å². The summed E-state index contributed by atoms with van der Waals surface area (Å²) >= 11 is 0. The van der Waals surface area contributed by atoms with Crippen molar-refractivity contribution < 1.29 is 18.1 Å². The van der Waals surface area contributed by atoms with Gasteiger partial charge in [0.2, 0.25) is 11.9 Å².